The molecule has 1 N–H and O–H groups in total. The zero-order valence-electron chi connectivity index (χ0n) is 13.6. The maximum Gasteiger partial charge on any atom is 0.185 e. The lowest BCUT2D eigenvalue weighted by Crippen LogP contribution is -2.26. The number of hydrogen-bond acceptors (Lipinski definition) is 4. The smallest absolute Gasteiger partial charge is 0.185 e. The Balaban J connectivity index is 1.72. The predicted octanol–water partition coefficient (Wildman–Crippen LogP) is 4.17. The standard InChI is InChI=1S/C17H28N2OS/c1-17(2,3)13-5-4-9-19(10-8-13)16-18-15(12-6-7-12)14(11-20)21-16/h12-13,20H,4-11H2,1-3H3. The van der Waals surface area contributed by atoms with Crippen LogP contribution in [0.15, 0.2) is 0 Å². The van der Waals surface area contributed by atoms with Crippen LogP contribution in [0.4, 0.5) is 5.13 Å². The van der Waals surface area contributed by atoms with Gasteiger partial charge in [0.15, 0.2) is 5.13 Å². The molecule has 2 aliphatic rings. The zero-order chi connectivity index (χ0) is 15.0. The number of nitrogens with zero attached hydrogens (tertiary/aromatic N) is 2. The summed E-state index contributed by atoms with van der Waals surface area (Å²) in [4.78, 5) is 8.44. The van der Waals surface area contributed by atoms with Crippen LogP contribution < -0.4 is 4.90 Å². The summed E-state index contributed by atoms with van der Waals surface area (Å²) in [6.07, 6.45) is 6.35. The molecule has 3 nitrogen and oxygen atoms in total. The second kappa shape index (κ2) is 5.88. The first-order chi connectivity index (χ1) is 9.99. The number of aliphatic hydroxyl groups excluding tert-OH is 1. The SMILES string of the molecule is CC(C)(C)C1CCCN(c2nc(C3CC3)c(CO)s2)CC1. The van der Waals surface area contributed by atoms with Crippen molar-refractivity contribution in [2.24, 2.45) is 11.3 Å². The summed E-state index contributed by atoms with van der Waals surface area (Å²) in [5, 5.41) is 10.7. The van der Waals surface area contributed by atoms with Crippen LogP contribution in [-0.4, -0.2) is 23.2 Å². The fraction of sp³-hybridized carbons (Fsp3) is 0.824. The van der Waals surface area contributed by atoms with Gasteiger partial charge in [-0.15, -0.1) is 0 Å². The maximum atomic E-state index is 9.56. The Hall–Kier alpha value is -0.610. The van der Waals surface area contributed by atoms with Crippen molar-refractivity contribution in [3.8, 4) is 0 Å². The van der Waals surface area contributed by atoms with Gasteiger partial charge in [0.25, 0.3) is 0 Å². The topological polar surface area (TPSA) is 36.4 Å². The molecule has 1 unspecified atom stereocenters. The number of thiazole rings is 1. The molecule has 0 radical (unpaired) electrons. The molecule has 1 atom stereocenters. The minimum Gasteiger partial charge on any atom is -0.391 e. The molecule has 21 heavy (non-hydrogen) atoms. The Labute approximate surface area is 132 Å². The average Bonchev–Trinajstić information content (AvgIpc) is 3.22. The largest absolute Gasteiger partial charge is 0.391 e. The van der Waals surface area contributed by atoms with Crippen molar-refractivity contribution < 1.29 is 5.11 Å². The second-order valence-corrected chi connectivity index (χ2v) is 8.78. The lowest BCUT2D eigenvalue weighted by Gasteiger charge is -2.29. The number of aromatic nitrogens is 1. The molecular weight excluding hydrogens is 280 g/mol. The maximum absolute atomic E-state index is 9.56. The van der Waals surface area contributed by atoms with Gasteiger partial charge in [-0.1, -0.05) is 32.1 Å². The molecule has 1 aromatic rings. The Morgan fingerprint density at radius 1 is 1.19 bits per heavy atom. The van der Waals surface area contributed by atoms with Gasteiger partial charge in [-0.2, -0.15) is 0 Å². The molecule has 1 aliphatic heterocycles. The predicted molar refractivity (Wildman–Crippen MR) is 89.0 cm³/mol. The van der Waals surface area contributed by atoms with E-state index >= 15 is 0 Å². The lowest BCUT2D eigenvalue weighted by atomic mass is 9.77. The van der Waals surface area contributed by atoms with Crippen LogP contribution in [0.5, 0.6) is 0 Å². The average molecular weight is 308 g/mol. The fourth-order valence-electron chi connectivity index (χ4n) is 3.43. The first kappa shape index (κ1) is 15.3. The first-order valence-electron chi connectivity index (χ1n) is 8.34. The van der Waals surface area contributed by atoms with Crippen molar-refractivity contribution in [3.63, 3.8) is 0 Å². The number of hydrogen-bond donors (Lipinski definition) is 1. The van der Waals surface area contributed by atoms with Crippen molar-refractivity contribution >= 4 is 16.5 Å². The molecule has 1 aromatic heterocycles. The molecule has 2 heterocycles. The van der Waals surface area contributed by atoms with Crippen molar-refractivity contribution in [2.45, 2.75) is 65.4 Å². The molecule has 118 valence electrons. The van der Waals surface area contributed by atoms with Crippen molar-refractivity contribution in [1.82, 2.24) is 4.98 Å². The Morgan fingerprint density at radius 2 is 1.95 bits per heavy atom. The highest BCUT2D eigenvalue weighted by atomic mass is 32.1. The van der Waals surface area contributed by atoms with Crippen LogP contribution in [0.25, 0.3) is 0 Å². The molecule has 1 saturated heterocycles. The van der Waals surface area contributed by atoms with Crippen LogP contribution in [0.1, 0.15) is 69.4 Å². The van der Waals surface area contributed by atoms with Gasteiger partial charge in [0.05, 0.1) is 17.2 Å². The van der Waals surface area contributed by atoms with Crippen LogP contribution in [0, 0.1) is 11.3 Å². The van der Waals surface area contributed by atoms with Crippen LogP contribution in [0.3, 0.4) is 0 Å². The summed E-state index contributed by atoms with van der Waals surface area (Å²) in [5.41, 5.74) is 1.60. The molecule has 0 bridgehead atoms. The van der Waals surface area contributed by atoms with Crippen LogP contribution in [0.2, 0.25) is 0 Å². The Morgan fingerprint density at radius 3 is 2.57 bits per heavy atom. The quantitative estimate of drug-likeness (QED) is 0.910. The van der Waals surface area contributed by atoms with E-state index < -0.39 is 0 Å². The normalized spacial score (nSPS) is 24.2. The van der Waals surface area contributed by atoms with E-state index in [2.05, 4.69) is 25.7 Å². The molecule has 1 aliphatic carbocycles. The zero-order valence-corrected chi connectivity index (χ0v) is 14.4. The summed E-state index contributed by atoms with van der Waals surface area (Å²) in [7, 11) is 0. The minimum absolute atomic E-state index is 0.155. The van der Waals surface area contributed by atoms with Gasteiger partial charge in [-0.25, -0.2) is 4.98 Å². The van der Waals surface area contributed by atoms with Crippen molar-refractivity contribution in [2.75, 3.05) is 18.0 Å². The van der Waals surface area contributed by atoms with Gasteiger partial charge in [-0.3, -0.25) is 0 Å². The van der Waals surface area contributed by atoms with E-state index in [1.165, 1.54) is 37.8 Å². The van der Waals surface area contributed by atoms with E-state index in [0.717, 1.165) is 29.0 Å². The van der Waals surface area contributed by atoms with Gasteiger partial charge >= 0.3 is 0 Å². The van der Waals surface area contributed by atoms with Gasteiger partial charge < -0.3 is 10.0 Å². The van der Waals surface area contributed by atoms with E-state index in [0.29, 0.717) is 11.3 Å². The van der Waals surface area contributed by atoms with Gasteiger partial charge in [0.1, 0.15) is 0 Å². The summed E-state index contributed by atoms with van der Waals surface area (Å²) >= 11 is 1.72. The second-order valence-electron chi connectivity index (χ2n) is 7.72. The number of rotatable bonds is 3. The molecule has 0 aromatic carbocycles. The van der Waals surface area contributed by atoms with Crippen LogP contribution in [-0.2, 0) is 6.61 Å². The molecule has 3 rings (SSSR count). The molecule has 0 amide bonds. The highest BCUT2D eigenvalue weighted by Crippen LogP contribution is 2.44. The number of aliphatic hydroxyl groups is 1. The van der Waals surface area contributed by atoms with E-state index in [1.54, 1.807) is 11.3 Å². The van der Waals surface area contributed by atoms with Crippen LogP contribution >= 0.6 is 11.3 Å². The monoisotopic (exact) mass is 308 g/mol. The first-order valence-corrected chi connectivity index (χ1v) is 9.16. The lowest BCUT2D eigenvalue weighted by molar-refractivity contribution is 0.220. The fourth-order valence-corrected chi connectivity index (χ4v) is 4.49. The van der Waals surface area contributed by atoms with Crippen molar-refractivity contribution in [3.05, 3.63) is 10.6 Å². The van der Waals surface area contributed by atoms with Gasteiger partial charge in [0, 0.05) is 19.0 Å². The Kier molecular flexibility index (Phi) is 4.28. The summed E-state index contributed by atoms with van der Waals surface area (Å²) in [5.74, 6) is 1.44. The highest BCUT2D eigenvalue weighted by Gasteiger charge is 2.32. The van der Waals surface area contributed by atoms with Gasteiger partial charge in [-0.05, 0) is 43.4 Å². The minimum atomic E-state index is 0.155. The van der Waals surface area contributed by atoms with Crippen molar-refractivity contribution in [1.29, 1.82) is 0 Å². The summed E-state index contributed by atoms with van der Waals surface area (Å²) in [6, 6.07) is 0. The molecule has 0 spiro atoms. The molecular formula is C17H28N2OS. The van der Waals surface area contributed by atoms with E-state index in [-0.39, 0.29) is 6.61 Å². The highest BCUT2D eigenvalue weighted by molar-refractivity contribution is 7.15. The third-order valence-corrected chi connectivity index (χ3v) is 6.16. The third kappa shape index (κ3) is 3.42. The van der Waals surface area contributed by atoms with E-state index in [1.807, 2.05) is 0 Å². The molecule has 1 saturated carbocycles. The van der Waals surface area contributed by atoms with E-state index in [4.69, 9.17) is 4.98 Å². The molecule has 4 heteroatoms. The summed E-state index contributed by atoms with van der Waals surface area (Å²) in [6.45, 7) is 9.49. The van der Waals surface area contributed by atoms with Gasteiger partial charge in [0.2, 0.25) is 0 Å². The molecule has 2 fully saturated rings. The van der Waals surface area contributed by atoms with E-state index in [9.17, 15) is 5.11 Å². The summed E-state index contributed by atoms with van der Waals surface area (Å²) < 4.78 is 0. The number of anilines is 1. The third-order valence-electron chi connectivity index (χ3n) is 5.05. The Bertz CT molecular complexity index is 487.